The summed E-state index contributed by atoms with van der Waals surface area (Å²) in [5.41, 5.74) is 1.18. The van der Waals surface area contributed by atoms with E-state index in [0.717, 1.165) is 16.1 Å². The molecule has 0 atom stereocenters. The highest BCUT2D eigenvalue weighted by atomic mass is 32.2. The topological polar surface area (TPSA) is 80.5 Å². The van der Waals surface area contributed by atoms with Crippen molar-refractivity contribution in [1.82, 2.24) is 4.31 Å². The second kappa shape index (κ2) is 4.80. The third kappa shape index (κ3) is 3.50. The summed E-state index contributed by atoms with van der Waals surface area (Å²) in [6.07, 6.45) is 1.06. The van der Waals surface area contributed by atoms with Crippen molar-refractivity contribution in [2.75, 3.05) is 13.3 Å². The molecule has 0 aromatic heterocycles. The number of nitro groups is 1. The molecular formula is C10H14N2O4S. The number of sulfonamides is 1. The van der Waals surface area contributed by atoms with Gasteiger partial charge in [0, 0.05) is 25.2 Å². The molecule has 0 heterocycles. The van der Waals surface area contributed by atoms with Crippen LogP contribution in [-0.2, 0) is 16.6 Å². The van der Waals surface area contributed by atoms with Gasteiger partial charge >= 0.3 is 0 Å². The third-order valence-corrected chi connectivity index (χ3v) is 3.65. The van der Waals surface area contributed by atoms with Crippen molar-refractivity contribution in [2.24, 2.45) is 0 Å². The lowest BCUT2D eigenvalue weighted by Crippen LogP contribution is -2.25. The number of hydrogen-bond acceptors (Lipinski definition) is 4. The van der Waals surface area contributed by atoms with Crippen LogP contribution in [-0.4, -0.2) is 30.9 Å². The van der Waals surface area contributed by atoms with Gasteiger partial charge in [-0.1, -0.05) is 11.6 Å². The minimum atomic E-state index is -3.35. The average Bonchev–Trinajstić information content (AvgIpc) is 2.15. The highest BCUT2D eigenvalue weighted by Gasteiger charge is 2.18. The molecule has 17 heavy (non-hydrogen) atoms. The lowest BCUT2D eigenvalue weighted by Gasteiger charge is -2.14. The lowest BCUT2D eigenvalue weighted by molar-refractivity contribution is -0.385. The number of nitrogens with zero attached hydrogens (tertiary/aromatic N) is 2. The molecule has 0 radical (unpaired) electrons. The van der Waals surface area contributed by atoms with Gasteiger partial charge in [-0.3, -0.25) is 10.1 Å². The first kappa shape index (κ1) is 13.6. The molecular weight excluding hydrogens is 244 g/mol. The molecule has 0 saturated heterocycles. The van der Waals surface area contributed by atoms with Gasteiger partial charge in [-0.15, -0.1) is 0 Å². The van der Waals surface area contributed by atoms with Gasteiger partial charge in [-0.25, -0.2) is 12.7 Å². The van der Waals surface area contributed by atoms with Gasteiger partial charge in [0.05, 0.1) is 11.2 Å². The zero-order valence-electron chi connectivity index (χ0n) is 9.87. The largest absolute Gasteiger partial charge is 0.273 e. The van der Waals surface area contributed by atoms with E-state index in [1.807, 2.05) is 0 Å². The highest BCUT2D eigenvalue weighted by molar-refractivity contribution is 7.88. The van der Waals surface area contributed by atoms with Gasteiger partial charge in [-0.05, 0) is 13.0 Å². The zero-order chi connectivity index (χ0) is 13.2. The molecule has 0 aliphatic heterocycles. The van der Waals surface area contributed by atoms with Crippen molar-refractivity contribution in [1.29, 1.82) is 0 Å². The average molecular weight is 258 g/mol. The van der Waals surface area contributed by atoms with Gasteiger partial charge < -0.3 is 0 Å². The summed E-state index contributed by atoms with van der Waals surface area (Å²) in [6.45, 7) is 1.80. The van der Waals surface area contributed by atoms with E-state index in [-0.39, 0.29) is 12.2 Å². The van der Waals surface area contributed by atoms with Crippen LogP contribution in [0.25, 0.3) is 0 Å². The molecule has 0 amide bonds. The Morgan fingerprint density at radius 1 is 1.41 bits per heavy atom. The van der Waals surface area contributed by atoms with Crippen LogP contribution in [0.5, 0.6) is 0 Å². The van der Waals surface area contributed by atoms with E-state index < -0.39 is 14.9 Å². The van der Waals surface area contributed by atoms with Crippen LogP contribution < -0.4 is 0 Å². The van der Waals surface area contributed by atoms with E-state index in [1.54, 1.807) is 19.1 Å². The predicted octanol–water partition coefficient (Wildman–Crippen LogP) is 1.29. The lowest BCUT2D eigenvalue weighted by atomic mass is 10.1. The van der Waals surface area contributed by atoms with Crippen LogP contribution in [0.1, 0.15) is 11.1 Å². The van der Waals surface area contributed by atoms with Crippen LogP contribution in [0.3, 0.4) is 0 Å². The van der Waals surface area contributed by atoms with Crippen LogP contribution in [0.4, 0.5) is 5.69 Å². The van der Waals surface area contributed by atoms with Crippen LogP contribution in [0.15, 0.2) is 18.2 Å². The molecule has 1 aromatic carbocycles. The molecule has 1 rings (SSSR count). The molecule has 0 bridgehead atoms. The van der Waals surface area contributed by atoms with Gasteiger partial charge in [0.1, 0.15) is 0 Å². The Kier molecular flexibility index (Phi) is 3.84. The number of benzene rings is 1. The maximum absolute atomic E-state index is 11.3. The first-order chi connectivity index (χ1) is 7.71. The standard InChI is InChI=1S/C10H14N2O4S/c1-8-4-5-10(12(13)14)9(6-8)7-11(2)17(3,15)16/h4-6H,7H2,1-3H3. The van der Waals surface area contributed by atoms with E-state index in [4.69, 9.17) is 0 Å². The number of nitro benzene ring substituents is 1. The fourth-order valence-corrected chi connectivity index (χ4v) is 1.75. The molecule has 6 nitrogen and oxygen atoms in total. The SMILES string of the molecule is Cc1ccc([N+](=O)[O-])c(CN(C)S(C)(=O)=O)c1. The Bertz CT molecular complexity index is 539. The van der Waals surface area contributed by atoms with Gasteiger partial charge in [0.25, 0.3) is 5.69 Å². The van der Waals surface area contributed by atoms with E-state index in [0.29, 0.717) is 5.56 Å². The maximum Gasteiger partial charge on any atom is 0.273 e. The molecule has 1 aromatic rings. The Labute approximate surface area is 100 Å². The Morgan fingerprint density at radius 2 is 2.00 bits per heavy atom. The van der Waals surface area contributed by atoms with E-state index in [2.05, 4.69) is 0 Å². The number of aryl methyl sites for hydroxylation is 1. The molecule has 0 saturated carbocycles. The molecule has 94 valence electrons. The smallest absolute Gasteiger partial charge is 0.258 e. The highest BCUT2D eigenvalue weighted by Crippen LogP contribution is 2.21. The van der Waals surface area contributed by atoms with Crippen LogP contribution >= 0.6 is 0 Å². The second-order valence-electron chi connectivity index (χ2n) is 3.91. The molecule has 0 spiro atoms. The number of hydrogen-bond donors (Lipinski definition) is 0. The van der Waals surface area contributed by atoms with Gasteiger partial charge in [0.15, 0.2) is 0 Å². The molecule has 0 unspecified atom stereocenters. The van der Waals surface area contributed by atoms with Crippen LogP contribution in [0, 0.1) is 17.0 Å². The van der Waals surface area contributed by atoms with Crippen molar-refractivity contribution in [3.8, 4) is 0 Å². The van der Waals surface area contributed by atoms with Crippen molar-refractivity contribution >= 4 is 15.7 Å². The van der Waals surface area contributed by atoms with Crippen molar-refractivity contribution in [2.45, 2.75) is 13.5 Å². The zero-order valence-corrected chi connectivity index (χ0v) is 10.7. The monoisotopic (exact) mass is 258 g/mol. The second-order valence-corrected chi connectivity index (χ2v) is 6.00. The van der Waals surface area contributed by atoms with Crippen molar-refractivity contribution < 1.29 is 13.3 Å². The van der Waals surface area contributed by atoms with Gasteiger partial charge in [0.2, 0.25) is 10.0 Å². The molecule has 0 aliphatic rings. The summed E-state index contributed by atoms with van der Waals surface area (Å²) < 4.78 is 23.6. The fourth-order valence-electron chi connectivity index (χ4n) is 1.38. The van der Waals surface area contributed by atoms with E-state index >= 15 is 0 Å². The minimum absolute atomic E-state index is 0.00315. The third-order valence-electron chi connectivity index (χ3n) is 2.39. The first-order valence-electron chi connectivity index (χ1n) is 4.87. The van der Waals surface area contributed by atoms with E-state index in [1.165, 1.54) is 13.1 Å². The van der Waals surface area contributed by atoms with Crippen LogP contribution in [0.2, 0.25) is 0 Å². The van der Waals surface area contributed by atoms with Gasteiger partial charge in [-0.2, -0.15) is 0 Å². The molecule has 0 N–H and O–H groups in total. The first-order valence-corrected chi connectivity index (χ1v) is 6.72. The quantitative estimate of drug-likeness (QED) is 0.602. The van der Waals surface area contributed by atoms with E-state index in [9.17, 15) is 18.5 Å². The van der Waals surface area contributed by atoms with Crippen molar-refractivity contribution in [3.63, 3.8) is 0 Å². The summed E-state index contributed by atoms with van der Waals surface area (Å²) in [4.78, 5) is 10.3. The fraction of sp³-hybridized carbons (Fsp3) is 0.400. The minimum Gasteiger partial charge on any atom is -0.258 e. The summed E-state index contributed by atoms with van der Waals surface area (Å²) in [7, 11) is -1.96. The molecule has 0 fully saturated rings. The summed E-state index contributed by atoms with van der Waals surface area (Å²) in [6, 6.07) is 4.64. The van der Waals surface area contributed by atoms with Crippen molar-refractivity contribution in [3.05, 3.63) is 39.4 Å². The Morgan fingerprint density at radius 3 is 2.47 bits per heavy atom. The predicted molar refractivity (Wildman–Crippen MR) is 64.1 cm³/mol. The maximum atomic E-state index is 11.3. The summed E-state index contributed by atoms with van der Waals surface area (Å²) >= 11 is 0. The number of rotatable bonds is 4. The summed E-state index contributed by atoms with van der Waals surface area (Å²) in [5, 5.41) is 10.8. The summed E-state index contributed by atoms with van der Waals surface area (Å²) in [5.74, 6) is 0. The molecule has 7 heteroatoms. The molecule has 0 aliphatic carbocycles. The Balaban J connectivity index is 3.13. The normalized spacial score (nSPS) is 11.8. The Hall–Kier alpha value is -1.47.